The molecular weight excluding hydrogens is 270 g/mol. The molecule has 1 aromatic carbocycles. The van der Waals surface area contributed by atoms with Gasteiger partial charge in [-0.2, -0.15) is 5.10 Å². The number of nitrogens with zero attached hydrogens (tertiary/aromatic N) is 2. The molecule has 7 heteroatoms. The molecule has 0 aliphatic carbocycles. The summed E-state index contributed by atoms with van der Waals surface area (Å²) in [7, 11) is 0. The van der Waals surface area contributed by atoms with Crippen molar-refractivity contribution in [3.05, 3.63) is 36.2 Å². The first-order valence-corrected chi connectivity index (χ1v) is 6.77. The van der Waals surface area contributed by atoms with Crippen LogP contribution in [-0.2, 0) is 4.74 Å². The monoisotopic (exact) mass is 287 g/mol. The van der Waals surface area contributed by atoms with Gasteiger partial charge in [-0.15, -0.1) is 0 Å². The summed E-state index contributed by atoms with van der Waals surface area (Å²) in [6, 6.07) is 7.69. The summed E-state index contributed by atoms with van der Waals surface area (Å²) in [5.41, 5.74) is 8.02. The SMILES string of the molecule is Nc1cn[nH]c1C(=O)Nc1ccccc1N1CCOCC1. The smallest absolute Gasteiger partial charge is 0.275 e. The van der Waals surface area contributed by atoms with Crippen molar-refractivity contribution in [1.29, 1.82) is 0 Å². The third kappa shape index (κ3) is 2.82. The van der Waals surface area contributed by atoms with Crippen LogP contribution < -0.4 is 16.0 Å². The van der Waals surface area contributed by atoms with E-state index in [1.54, 1.807) is 0 Å². The van der Waals surface area contributed by atoms with Crippen molar-refractivity contribution in [2.24, 2.45) is 0 Å². The van der Waals surface area contributed by atoms with Crippen LogP contribution in [0.5, 0.6) is 0 Å². The molecule has 3 rings (SSSR count). The number of carbonyl (C=O) groups excluding carboxylic acids is 1. The summed E-state index contributed by atoms with van der Waals surface area (Å²) in [5, 5.41) is 9.24. The van der Waals surface area contributed by atoms with E-state index in [1.807, 2.05) is 24.3 Å². The Hall–Kier alpha value is -2.54. The topological polar surface area (TPSA) is 96.3 Å². The maximum atomic E-state index is 12.2. The van der Waals surface area contributed by atoms with Crippen LogP contribution in [0.3, 0.4) is 0 Å². The summed E-state index contributed by atoms with van der Waals surface area (Å²) in [6.45, 7) is 2.99. The molecule has 2 heterocycles. The highest BCUT2D eigenvalue weighted by atomic mass is 16.5. The molecule has 0 saturated carbocycles. The van der Waals surface area contributed by atoms with Crippen LogP contribution in [0.2, 0.25) is 0 Å². The van der Waals surface area contributed by atoms with Crippen LogP contribution in [0.4, 0.5) is 17.1 Å². The Morgan fingerprint density at radius 3 is 2.81 bits per heavy atom. The molecule has 1 aliphatic rings. The number of morpholine rings is 1. The van der Waals surface area contributed by atoms with Crippen molar-refractivity contribution in [2.75, 3.05) is 42.3 Å². The van der Waals surface area contributed by atoms with Crippen LogP contribution in [0.1, 0.15) is 10.5 Å². The summed E-state index contributed by atoms with van der Waals surface area (Å²) >= 11 is 0. The number of anilines is 3. The van der Waals surface area contributed by atoms with Crippen LogP contribution in [0, 0.1) is 0 Å². The van der Waals surface area contributed by atoms with Crippen molar-refractivity contribution in [3.8, 4) is 0 Å². The Morgan fingerprint density at radius 1 is 1.33 bits per heavy atom. The second-order valence-electron chi connectivity index (χ2n) is 4.77. The van der Waals surface area contributed by atoms with Crippen LogP contribution in [0.25, 0.3) is 0 Å². The fourth-order valence-corrected chi connectivity index (χ4v) is 2.32. The number of rotatable bonds is 3. The molecule has 1 fully saturated rings. The van der Waals surface area contributed by atoms with E-state index in [2.05, 4.69) is 20.4 Å². The number of hydrogen-bond donors (Lipinski definition) is 3. The van der Waals surface area contributed by atoms with Gasteiger partial charge in [-0.1, -0.05) is 12.1 Å². The average molecular weight is 287 g/mol. The number of aromatic amines is 1. The van der Waals surface area contributed by atoms with Gasteiger partial charge < -0.3 is 20.7 Å². The molecule has 0 radical (unpaired) electrons. The second-order valence-corrected chi connectivity index (χ2v) is 4.77. The van der Waals surface area contributed by atoms with Gasteiger partial charge >= 0.3 is 0 Å². The first kappa shape index (κ1) is 13.4. The van der Waals surface area contributed by atoms with E-state index >= 15 is 0 Å². The van der Waals surface area contributed by atoms with Crippen molar-refractivity contribution in [2.45, 2.75) is 0 Å². The highest BCUT2D eigenvalue weighted by Gasteiger charge is 2.17. The van der Waals surface area contributed by atoms with Crippen LogP contribution in [0.15, 0.2) is 30.5 Å². The zero-order chi connectivity index (χ0) is 14.7. The van der Waals surface area contributed by atoms with Gasteiger partial charge in [0, 0.05) is 13.1 Å². The lowest BCUT2D eigenvalue weighted by atomic mass is 10.2. The van der Waals surface area contributed by atoms with E-state index in [0.29, 0.717) is 18.9 Å². The Bertz CT molecular complexity index is 634. The summed E-state index contributed by atoms with van der Waals surface area (Å²) in [6.07, 6.45) is 1.42. The van der Waals surface area contributed by atoms with E-state index in [4.69, 9.17) is 10.5 Å². The van der Waals surface area contributed by atoms with Gasteiger partial charge in [0.15, 0.2) is 0 Å². The van der Waals surface area contributed by atoms with Gasteiger partial charge in [0.1, 0.15) is 5.69 Å². The Balaban J connectivity index is 1.82. The van der Waals surface area contributed by atoms with E-state index in [-0.39, 0.29) is 11.6 Å². The van der Waals surface area contributed by atoms with Crippen molar-refractivity contribution in [3.63, 3.8) is 0 Å². The Labute approximate surface area is 122 Å². The van der Waals surface area contributed by atoms with Crippen LogP contribution in [-0.4, -0.2) is 42.4 Å². The molecule has 0 unspecified atom stereocenters. The van der Waals surface area contributed by atoms with Crippen molar-refractivity contribution >= 4 is 23.0 Å². The van der Waals surface area contributed by atoms with Gasteiger partial charge in [-0.05, 0) is 12.1 Å². The van der Waals surface area contributed by atoms with Gasteiger partial charge in [0.25, 0.3) is 5.91 Å². The second kappa shape index (κ2) is 5.84. The number of hydrogen-bond acceptors (Lipinski definition) is 5. The minimum atomic E-state index is -0.300. The highest BCUT2D eigenvalue weighted by Crippen LogP contribution is 2.27. The number of aromatic nitrogens is 2. The number of H-pyrrole nitrogens is 1. The predicted molar refractivity (Wildman–Crippen MR) is 80.4 cm³/mol. The zero-order valence-corrected chi connectivity index (χ0v) is 11.5. The largest absolute Gasteiger partial charge is 0.396 e. The quantitative estimate of drug-likeness (QED) is 0.785. The molecule has 4 N–H and O–H groups in total. The molecule has 0 bridgehead atoms. The molecule has 0 atom stereocenters. The lowest BCUT2D eigenvalue weighted by Crippen LogP contribution is -2.36. The number of nitrogen functional groups attached to an aromatic ring is 1. The van der Waals surface area contributed by atoms with E-state index in [1.165, 1.54) is 6.20 Å². The zero-order valence-electron chi connectivity index (χ0n) is 11.5. The van der Waals surface area contributed by atoms with E-state index in [0.717, 1.165) is 24.5 Å². The van der Waals surface area contributed by atoms with E-state index < -0.39 is 0 Å². The maximum Gasteiger partial charge on any atom is 0.275 e. The number of para-hydroxylation sites is 2. The highest BCUT2D eigenvalue weighted by molar-refractivity contribution is 6.07. The summed E-state index contributed by atoms with van der Waals surface area (Å²) in [4.78, 5) is 14.4. The van der Waals surface area contributed by atoms with Crippen molar-refractivity contribution in [1.82, 2.24) is 10.2 Å². The predicted octanol–water partition coefficient (Wildman–Crippen LogP) is 1.08. The lowest BCUT2D eigenvalue weighted by Gasteiger charge is -2.30. The van der Waals surface area contributed by atoms with Gasteiger partial charge in [0.2, 0.25) is 0 Å². The minimum absolute atomic E-state index is 0.270. The first-order valence-electron chi connectivity index (χ1n) is 6.77. The molecule has 1 amide bonds. The fourth-order valence-electron chi connectivity index (χ4n) is 2.32. The number of carbonyl (C=O) groups is 1. The third-order valence-corrected chi connectivity index (χ3v) is 3.40. The molecule has 1 saturated heterocycles. The van der Waals surface area contributed by atoms with Crippen LogP contribution >= 0.6 is 0 Å². The van der Waals surface area contributed by atoms with E-state index in [9.17, 15) is 4.79 Å². The van der Waals surface area contributed by atoms with Gasteiger partial charge in [0.05, 0.1) is 36.5 Å². The number of benzene rings is 1. The number of nitrogens with two attached hydrogens (primary N) is 1. The molecule has 21 heavy (non-hydrogen) atoms. The molecule has 0 spiro atoms. The molecule has 1 aromatic heterocycles. The normalized spacial score (nSPS) is 15.0. The molecule has 110 valence electrons. The Kier molecular flexibility index (Phi) is 3.74. The molecular formula is C14H17N5O2. The number of amides is 1. The minimum Gasteiger partial charge on any atom is -0.396 e. The lowest BCUT2D eigenvalue weighted by molar-refractivity contribution is 0.102. The average Bonchev–Trinajstić information content (AvgIpc) is 2.95. The maximum absolute atomic E-state index is 12.2. The summed E-state index contributed by atoms with van der Waals surface area (Å²) in [5.74, 6) is -0.300. The molecule has 2 aromatic rings. The Morgan fingerprint density at radius 2 is 2.10 bits per heavy atom. The molecule has 1 aliphatic heterocycles. The first-order chi connectivity index (χ1) is 10.3. The number of nitrogens with one attached hydrogen (secondary N) is 2. The van der Waals surface area contributed by atoms with Gasteiger partial charge in [-0.3, -0.25) is 9.89 Å². The molecule has 7 nitrogen and oxygen atoms in total. The van der Waals surface area contributed by atoms with Crippen molar-refractivity contribution < 1.29 is 9.53 Å². The van der Waals surface area contributed by atoms with Gasteiger partial charge in [-0.25, -0.2) is 0 Å². The summed E-state index contributed by atoms with van der Waals surface area (Å²) < 4.78 is 5.36. The standard InChI is InChI=1S/C14H17N5O2/c15-10-9-16-18-13(10)14(20)17-11-3-1-2-4-12(11)19-5-7-21-8-6-19/h1-4,9H,5-8,15H2,(H,16,18)(H,17,20). The number of ether oxygens (including phenoxy) is 1. The fraction of sp³-hybridized carbons (Fsp3) is 0.286. The third-order valence-electron chi connectivity index (χ3n) is 3.40.